The van der Waals surface area contributed by atoms with Gasteiger partial charge in [-0.1, -0.05) is 59.5 Å². The van der Waals surface area contributed by atoms with Gasteiger partial charge < -0.3 is 13.9 Å². The molecule has 2 atom stereocenters. The molecule has 0 saturated carbocycles. The third-order valence-corrected chi connectivity index (χ3v) is 11.5. The Balaban J connectivity index is 2.68. The van der Waals surface area contributed by atoms with Gasteiger partial charge in [0.2, 0.25) is 0 Å². The van der Waals surface area contributed by atoms with Gasteiger partial charge in [0.05, 0.1) is 13.7 Å². The van der Waals surface area contributed by atoms with E-state index in [1.54, 1.807) is 7.11 Å². The summed E-state index contributed by atoms with van der Waals surface area (Å²) in [5, 5.41) is 0.201. The zero-order chi connectivity index (χ0) is 23.7. The number of hydrogen-bond acceptors (Lipinski definition) is 3. The van der Waals surface area contributed by atoms with Crippen molar-refractivity contribution in [3.8, 4) is 17.2 Å². The van der Waals surface area contributed by atoms with Crippen LogP contribution in [0.25, 0.3) is 0 Å². The topological polar surface area (TPSA) is 27.7 Å². The number of rotatable bonds is 11. The molecule has 0 aliphatic heterocycles. The van der Waals surface area contributed by atoms with Crippen LogP contribution in [0.1, 0.15) is 52.5 Å². The average molecular weight is 463 g/mol. The third kappa shape index (κ3) is 10.9. The first-order valence-corrected chi connectivity index (χ1v) is 18.0. The third-order valence-electron chi connectivity index (χ3n) is 6.05. The summed E-state index contributed by atoms with van der Waals surface area (Å²) in [6.07, 6.45) is 3.17. The molecule has 0 radical (unpaired) electrons. The molecule has 0 aromatic heterocycles. The molecule has 1 rings (SSSR count). The summed E-state index contributed by atoms with van der Waals surface area (Å²) < 4.78 is 18.1. The van der Waals surface area contributed by atoms with E-state index in [1.165, 1.54) is 0 Å². The largest absolute Gasteiger partial charge is 0.497 e. The molecular weight excluding hydrogens is 416 g/mol. The van der Waals surface area contributed by atoms with Gasteiger partial charge in [0.1, 0.15) is 13.8 Å². The lowest BCUT2D eigenvalue weighted by atomic mass is 9.97. The Hall–Kier alpha value is -1.07. The van der Waals surface area contributed by atoms with E-state index in [0.717, 1.165) is 30.6 Å². The number of ether oxygens (including phenoxy) is 2. The van der Waals surface area contributed by atoms with E-state index in [0.29, 0.717) is 19.1 Å². The van der Waals surface area contributed by atoms with Gasteiger partial charge >= 0.3 is 0 Å². The molecule has 31 heavy (non-hydrogen) atoms. The number of hydrogen-bond donors (Lipinski definition) is 0. The van der Waals surface area contributed by atoms with Gasteiger partial charge in [-0.05, 0) is 54.6 Å². The highest BCUT2D eigenvalue weighted by atomic mass is 28.4. The lowest BCUT2D eigenvalue weighted by Crippen LogP contribution is -2.45. The van der Waals surface area contributed by atoms with Crippen LogP contribution in [0.5, 0.6) is 5.75 Å². The second kappa shape index (κ2) is 12.2. The van der Waals surface area contributed by atoms with Crippen molar-refractivity contribution < 1.29 is 13.9 Å². The smallest absolute Gasteiger partial charge is 0.192 e. The van der Waals surface area contributed by atoms with E-state index in [2.05, 4.69) is 84.0 Å². The van der Waals surface area contributed by atoms with E-state index in [4.69, 9.17) is 13.9 Å². The minimum atomic E-state index is -1.84. The Bertz CT molecular complexity index is 703. The first kappa shape index (κ1) is 28.0. The Labute approximate surface area is 194 Å². The lowest BCUT2D eigenvalue weighted by molar-refractivity contribution is 0.0536. The van der Waals surface area contributed by atoms with E-state index in [9.17, 15) is 0 Å². The zero-order valence-electron chi connectivity index (χ0n) is 21.7. The lowest BCUT2D eigenvalue weighted by Gasteiger charge is -2.41. The summed E-state index contributed by atoms with van der Waals surface area (Å²) in [6, 6.07) is 8.07. The molecule has 0 saturated heterocycles. The van der Waals surface area contributed by atoms with Gasteiger partial charge in [0, 0.05) is 19.1 Å². The van der Waals surface area contributed by atoms with E-state index < -0.39 is 16.4 Å². The van der Waals surface area contributed by atoms with Crippen molar-refractivity contribution in [3.63, 3.8) is 0 Å². The molecule has 0 amide bonds. The Kier molecular flexibility index (Phi) is 11.0. The standard InChI is InChI=1S/C26H46O3Si2/c1-22(13-11-12-20-30(6,7)8)25(29-31(9,10)26(2,3)4)18-19-28-21-23-14-16-24(27-5)17-15-23/h14-17,22,25H,11,13,18-19,21H2,1-10H3/t22-,25+/m1/s1. The fraction of sp³-hybridized carbons (Fsp3) is 0.692. The van der Waals surface area contributed by atoms with Gasteiger partial charge in [-0.15, -0.1) is 11.5 Å². The fourth-order valence-corrected chi connectivity index (χ4v) is 5.06. The van der Waals surface area contributed by atoms with E-state index in [1.807, 2.05) is 12.1 Å². The molecule has 0 fully saturated rings. The van der Waals surface area contributed by atoms with Crippen LogP contribution in [-0.4, -0.2) is 36.2 Å². The van der Waals surface area contributed by atoms with Crippen LogP contribution in [0.2, 0.25) is 37.8 Å². The predicted octanol–water partition coefficient (Wildman–Crippen LogP) is 7.29. The fourth-order valence-electron chi connectivity index (χ4n) is 2.94. The molecule has 5 heteroatoms. The van der Waals surface area contributed by atoms with Gasteiger partial charge in [0.25, 0.3) is 0 Å². The highest BCUT2D eigenvalue weighted by Gasteiger charge is 2.40. The van der Waals surface area contributed by atoms with Gasteiger partial charge in [0.15, 0.2) is 8.32 Å². The van der Waals surface area contributed by atoms with Crippen molar-refractivity contribution in [3.05, 3.63) is 29.8 Å². The van der Waals surface area contributed by atoms with Crippen molar-refractivity contribution in [1.29, 1.82) is 0 Å². The first-order valence-electron chi connectivity index (χ1n) is 11.6. The van der Waals surface area contributed by atoms with Crippen LogP contribution in [0.3, 0.4) is 0 Å². The molecule has 0 spiro atoms. The summed E-state index contributed by atoms with van der Waals surface area (Å²) in [4.78, 5) is 0. The highest BCUT2D eigenvalue weighted by molar-refractivity contribution is 6.83. The molecule has 176 valence electrons. The minimum Gasteiger partial charge on any atom is -0.497 e. The van der Waals surface area contributed by atoms with Crippen LogP contribution < -0.4 is 4.74 Å². The molecule has 0 N–H and O–H groups in total. The van der Waals surface area contributed by atoms with Crippen molar-refractivity contribution in [1.82, 2.24) is 0 Å². The molecule has 0 aliphatic rings. The Morgan fingerprint density at radius 1 is 0.968 bits per heavy atom. The van der Waals surface area contributed by atoms with Crippen LogP contribution >= 0.6 is 0 Å². The molecule has 0 unspecified atom stereocenters. The maximum atomic E-state index is 6.85. The van der Waals surface area contributed by atoms with Gasteiger partial charge in [-0.3, -0.25) is 0 Å². The maximum absolute atomic E-state index is 6.85. The molecule has 0 heterocycles. The molecule has 0 aliphatic carbocycles. The SMILES string of the molecule is COc1ccc(COCC[C@H](O[Si](C)(C)C(C)(C)C)[C@H](C)CCC#C[Si](C)(C)C)cc1. The predicted molar refractivity (Wildman–Crippen MR) is 139 cm³/mol. The Morgan fingerprint density at radius 2 is 1.58 bits per heavy atom. The second-order valence-electron chi connectivity index (χ2n) is 11.2. The zero-order valence-corrected chi connectivity index (χ0v) is 23.7. The van der Waals surface area contributed by atoms with Crippen LogP contribution in [-0.2, 0) is 15.8 Å². The van der Waals surface area contributed by atoms with Crippen molar-refractivity contribution in [2.45, 2.75) is 97.4 Å². The first-order chi connectivity index (χ1) is 14.2. The van der Waals surface area contributed by atoms with Gasteiger partial charge in [-0.25, -0.2) is 0 Å². The summed E-state index contributed by atoms with van der Waals surface area (Å²) >= 11 is 0. The maximum Gasteiger partial charge on any atom is 0.192 e. The summed E-state index contributed by atoms with van der Waals surface area (Å²) in [5.74, 6) is 4.77. The molecule has 3 nitrogen and oxygen atoms in total. The molecule has 1 aromatic rings. The van der Waals surface area contributed by atoms with Crippen molar-refractivity contribution in [2.75, 3.05) is 13.7 Å². The number of methoxy groups -OCH3 is 1. The summed E-state index contributed by atoms with van der Waals surface area (Å²) in [5.41, 5.74) is 4.65. The van der Waals surface area contributed by atoms with Crippen LogP contribution in [0.15, 0.2) is 24.3 Å². The summed E-state index contributed by atoms with van der Waals surface area (Å²) in [6.45, 7) is 22.1. The van der Waals surface area contributed by atoms with Crippen LogP contribution in [0, 0.1) is 17.4 Å². The van der Waals surface area contributed by atoms with Crippen molar-refractivity contribution >= 4 is 16.4 Å². The average Bonchev–Trinajstić information content (AvgIpc) is 2.66. The quantitative estimate of drug-likeness (QED) is 0.196. The van der Waals surface area contributed by atoms with Crippen LogP contribution in [0.4, 0.5) is 0 Å². The van der Waals surface area contributed by atoms with E-state index in [-0.39, 0.29) is 11.1 Å². The van der Waals surface area contributed by atoms with Gasteiger partial charge in [-0.2, -0.15) is 0 Å². The second-order valence-corrected chi connectivity index (χ2v) is 20.7. The van der Waals surface area contributed by atoms with Crippen molar-refractivity contribution in [2.24, 2.45) is 5.92 Å². The Morgan fingerprint density at radius 3 is 2.10 bits per heavy atom. The molecular formula is C26H46O3Si2. The van der Waals surface area contributed by atoms with E-state index >= 15 is 0 Å². The normalized spacial score (nSPS) is 14.5. The monoisotopic (exact) mass is 462 g/mol. The summed E-state index contributed by atoms with van der Waals surface area (Å²) in [7, 11) is -1.45. The minimum absolute atomic E-state index is 0.201. The molecule has 0 bridgehead atoms. The number of benzene rings is 1. The highest BCUT2D eigenvalue weighted by Crippen LogP contribution is 2.39. The molecule has 1 aromatic carbocycles.